The van der Waals surface area contributed by atoms with E-state index in [-0.39, 0.29) is 34.2 Å². The molecule has 0 bridgehead atoms. The summed E-state index contributed by atoms with van der Waals surface area (Å²) in [5.74, 6) is -0.997. The standard InChI is InChI=1S/C24H17N3O10S2/c1-36-20-12-15(10-11-19(20)37-39(34,35)22-9-5-4-8-18(22)27(32)33)13-21-23(28)25(24(29)38-21)14-16-6-2-3-7-17(16)26(30)31/h2-13H,14H2,1H3/b21-13-. The minimum Gasteiger partial charge on any atom is -0.493 e. The lowest BCUT2D eigenvalue weighted by atomic mass is 10.1. The van der Waals surface area contributed by atoms with Gasteiger partial charge in [0.15, 0.2) is 16.4 Å². The van der Waals surface area contributed by atoms with Crippen molar-refractivity contribution in [2.24, 2.45) is 0 Å². The van der Waals surface area contributed by atoms with E-state index in [4.69, 9.17) is 8.92 Å². The maximum atomic E-state index is 12.9. The Morgan fingerprint density at radius 2 is 1.56 bits per heavy atom. The van der Waals surface area contributed by atoms with Crippen molar-refractivity contribution in [1.29, 1.82) is 0 Å². The Morgan fingerprint density at radius 1 is 0.923 bits per heavy atom. The molecule has 39 heavy (non-hydrogen) atoms. The molecule has 1 aliphatic rings. The highest BCUT2D eigenvalue weighted by molar-refractivity contribution is 8.18. The van der Waals surface area contributed by atoms with E-state index in [0.29, 0.717) is 17.3 Å². The molecule has 0 spiro atoms. The second-order valence-electron chi connectivity index (χ2n) is 7.83. The normalized spacial score (nSPS) is 14.5. The Labute approximate surface area is 225 Å². The third-order valence-electron chi connectivity index (χ3n) is 5.41. The molecule has 0 aromatic heterocycles. The van der Waals surface area contributed by atoms with Crippen LogP contribution >= 0.6 is 11.8 Å². The van der Waals surface area contributed by atoms with Crippen molar-refractivity contribution in [2.45, 2.75) is 11.4 Å². The number of ether oxygens (including phenoxy) is 1. The van der Waals surface area contributed by atoms with Crippen LogP contribution in [0.2, 0.25) is 0 Å². The van der Waals surface area contributed by atoms with Crippen molar-refractivity contribution in [2.75, 3.05) is 7.11 Å². The van der Waals surface area contributed by atoms with Gasteiger partial charge in [0.25, 0.3) is 22.5 Å². The molecule has 1 saturated heterocycles. The second kappa shape index (κ2) is 10.9. The summed E-state index contributed by atoms with van der Waals surface area (Å²) in [4.78, 5) is 46.8. The first-order chi connectivity index (χ1) is 18.5. The molecule has 4 rings (SSSR count). The van der Waals surface area contributed by atoms with E-state index >= 15 is 0 Å². The van der Waals surface area contributed by atoms with Crippen LogP contribution in [0.25, 0.3) is 6.08 Å². The minimum atomic E-state index is -4.61. The first-order valence-corrected chi connectivity index (χ1v) is 13.1. The molecular formula is C24H17N3O10S2. The highest BCUT2D eigenvalue weighted by Gasteiger charge is 2.36. The second-order valence-corrected chi connectivity index (χ2v) is 10.3. The Kier molecular flexibility index (Phi) is 7.64. The van der Waals surface area contributed by atoms with Gasteiger partial charge in [-0.25, -0.2) is 0 Å². The summed E-state index contributed by atoms with van der Waals surface area (Å²) in [7, 11) is -3.37. The Morgan fingerprint density at radius 3 is 2.23 bits per heavy atom. The molecule has 3 aromatic rings. The molecule has 0 aliphatic carbocycles. The third kappa shape index (κ3) is 5.73. The molecule has 0 unspecified atom stereocenters. The number of methoxy groups -OCH3 is 1. The molecule has 1 aliphatic heterocycles. The van der Waals surface area contributed by atoms with Gasteiger partial charge in [0.1, 0.15) is 0 Å². The van der Waals surface area contributed by atoms with Crippen LogP contribution in [0.5, 0.6) is 11.5 Å². The van der Waals surface area contributed by atoms with E-state index < -0.39 is 41.7 Å². The highest BCUT2D eigenvalue weighted by Crippen LogP contribution is 2.37. The molecule has 3 aromatic carbocycles. The predicted molar refractivity (Wildman–Crippen MR) is 139 cm³/mol. The summed E-state index contributed by atoms with van der Waals surface area (Å²) in [6.07, 6.45) is 1.37. The maximum Gasteiger partial charge on any atom is 0.346 e. The lowest BCUT2D eigenvalue weighted by Gasteiger charge is -2.12. The van der Waals surface area contributed by atoms with E-state index in [1.807, 2.05) is 0 Å². The lowest BCUT2D eigenvalue weighted by molar-refractivity contribution is -0.387. The number of carbonyl (C=O) groups excluding carboxylic acids is 2. The Hall–Kier alpha value is -4.76. The van der Waals surface area contributed by atoms with E-state index in [9.17, 15) is 38.2 Å². The van der Waals surface area contributed by atoms with Gasteiger partial charge in [-0.15, -0.1) is 0 Å². The molecule has 0 saturated carbocycles. The van der Waals surface area contributed by atoms with E-state index in [0.717, 1.165) is 17.0 Å². The van der Waals surface area contributed by atoms with E-state index in [2.05, 4.69) is 0 Å². The van der Waals surface area contributed by atoms with Gasteiger partial charge in [-0.3, -0.25) is 34.7 Å². The molecule has 1 heterocycles. The van der Waals surface area contributed by atoms with Crippen LogP contribution < -0.4 is 8.92 Å². The summed E-state index contributed by atoms with van der Waals surface area (Å²) in [5.41, 5.74) is -0.353. The number of imide groups is 1. The van der Waals surface area contributed by atoms with Crippen molar-refractivity contribution in [3.8, 4) is 11.5 Å². The number of hydrogen-bond acceptors (Lipinski definition) is 11. The van der Waals surface area contributed by atoms with Gasteiger partial charge in [0.2, 0.25) is 0 Å². The van der Waals surface area contributed by atoms with Gasteiger partial charge in [0, 0.05) is 17.7 Å². The number of carbonyl (C=O) groups is 2. The quantitative estimate of drug-likeness (QED) is 0.153. The average Bonchev–Trinajstić information content (AvgIpc) is 3.16. The summed E-state index contributed by atoms with van der Waals surface area (Å²) >= 11 is 0.636. The number of nitro groups is 2. The Bertz CT molecular complexity index is 1650. The number of benzene rings is 3. The highest BCUT2D eigenvalue weighted by atomic mass is 32.2. The van der Waals surface area contributed by atoms with Gasteiger partial charge in [0.05, 0.1) is 28.4 Å². The van der Waals surface area contributed by atoms with Crippen molar-refractivity contribution >= 4 is 50.5 Å². The molecule has 0 N–H and O–H groups in total. The van der Waals surface area contributed by atoms with Crippen LogP contribution in [0, 0.1) is 20.2 Å². The van der Waals surface area contributed by atoms with Crippen LogP contribution in [0.4, 0.5) is 16.2 Å². The third-order valence-corrected chi connectivity index (χ3v) is 7.60. The van der Waals surface area contributed by atoms with Gasteiger partial charge < -0.3 is 8.92 Å². The Balaban J connectivity index is 1.58. The molecule has 13 nitrogen and oxygen atoms in total. The van der Waals surface area contributed by atoms with Crippen molar-refractivity contribution in [3.63, 3.8) is 0 Å². The largest absolute Gasteiger partial charge is 0.493 e. The molecular weight excluding hydrogens is 554 g/mol. The minimum absolute atomic E-state index is 0.0295. The average molecular weight is 572 g/mol. The lowest BCUT2D eigenvalue weighted by Crippen LogP contribution is -2.27. The van der Waals surface area contributed by atoms with Crippen molar-refractivity contribution < 1.29 is 36.8 Å². The number of rotatable bonds is 9. The topological polar surface area (TPSA) is 176 Å². The molecule has 1 fully saturated rings. The number of para-hydroxylation sites is 2. The molecule has 15 heteroatoms. The van der Waals surface area contributed by atoms with E-state index in [1.54, 1.807) is 6.07 Å². The zero-order valence-electron chi connectivity index (χ0n) is 19.9. The SMILES string of the molecule is COc1cc(/C=C2\SC(=O)N(Cc3ccccc3[N+](=O)[O-])C2=O)ccc1OS(=O)(=O)c1ccccc1[N+](=O)[O-]. The summed E-state index contributed by atoms with van der Waals surface area (Å²) < 4.78 is 35.8. The predicted octanol–water partition coefficient (Wildman–Crippen LogP) is 4.52. The molecule has 0 radical (unpaired) electrons. The summed E-state index contributed by atoms with van der Waals surface area (Å²) in [5, 5.41) is 21.9. The van der Waals surface area contributed by atoms with Gasteiger partial charge in [-0.1, -0.05) is 36.4 Å². The van der Waals surface area contributed by atoms with Crippen LogP contribution in [-0.4, -0.2) is 41.4 Å². The first kappa shape index (κ1) is 27.3. The summed E-state index contributed by atoms with van der Waals surface area (Å²) in [6.45, 7) is -0.293. The van der Waals surface area contributed by atoms with E-state index in [1.165, 1.54) is 61.7 Å². The van der Waals surface area contributed by atoms with Crippen molar-refractivity contribution in [1.82, 2.24) is 4.90 Å². The van der Waals surface area contributed by atoms with Crippen LogP contribution in [0.1, 0.15) is 11.1 Å². The monoisotopic (exact) mass is 571 g/mol. The van der Waals surface area contributed by atoms with Crippen LogP contribution in [0.15, 0.2) is 76.5 Å². The molecule has 2 amide bonds. The fraction of sp³-hybridized carbons (Fsp3) is 0.0833. The van der Waals surface area contributed by atoms with Crippen LogP contribution in [0.3, 0.4) is 0 Å². The number of thioether (sulfide) groups is 1. The van der Waals surface area contributed by atoms with Crippen LogP contribution in [-0.2, 0) is 21.5 Å². The van der Waals surface area contributed by atoms with Crippen molar-refractivity contribution in [3.05, 3.63) is 103 Å². The smallest absolute Gasteiger partial charge is 0.346 e. The fourth-order valence-corrected chi connectivity index (χ4v) is 5.55. The van der Waals surface area contributed by atoms with Gasteiger partial charge >= 0.3 is 10.1 Å². The number of nitrogens with zero attached hydrogens (tertiary/aromatic N) is 3. The number of nitro benzene ring substituents is 2. The molecule has 0 atom stereocenters. The summed E-state index contributed by atoms with van der Waals surface area (Å²) in [6, 6.07) is 14.4. The van der Waals surface area contributed by atoms with Gasteiger partial charge in [-0.2, -0.15) is 8.42 Å². The number of amides is 2. The first-order valence-electron chi connectivity index (χ1n) is 10.9. The zero-order valence-corrected chi connectivity index (χ0v) is 21.5. The maximum absolute atomic E-state index is 12.9. The number of hydrogen-bond donors (Lipinski definition) is 0. The zero-order chi connectivity index (χ0) is 28.3. The van der Waals surface area contributed by atoms with Gasteiger partial charge in [-0.05, 0) is 41.6 Å². The molecule has 200 valence electrons. The fourth-order valence-electron chi connectivity index (χ4n) is 3.61.